The number of hydrogen-bond acceptors (Lipinski definition) is 4. The molecule has 3 aromatic carbocycles. The lowest BCUT2D eigenvalue weighted by Gasteiger charge is -2.31. The normalized spacial score (nSPS) is 12.5. The molecule has 3 aromatic rings. The topological polar surface area (TPSA) is 83.6 Å². The number of aromatic hydroxyl groups is 1. The first-order valence-corrected chi connectivity index (χ1v) is 9.58. The number of nitrogens with zero attached hydrogens (tertiary/aromatic N) is 1. The van der Waals surface area contributed by atoms with Gasteiger partial charge in [0.05, 0.1) is 16.6 Å². The number of hydrogen-bond donors (Lipinski definition) is 2. The lowest BCUT2D eigenvalue weighted by Crippen LogP contribution is -2.33. The van der Waals surface area contributed by atoms with Crippen molar-refractivity contribution in [2.75, 3.05) is 10.0 Å². The van der Waals surface area contributed by atoms with E-state index in [9.17, 15) is 13.5 Å². The van der Waals surface area contributed by atoms with Crippen LogP contribution in [0, 0.1) is 0 Å². The summed E-state index contributed by atoms with van der Waals surface area (Å²) in [6.45, 7) is 1.79. The summed E-state index contributed by atoms with van der Waals surface area (Å²) in [5.74, 6) is -0.102. The Hall–Kier alpha value is -2.99. The molecule has 0 amide bonds. The van der Waals surface area contributed by atoms with Crippen LogP contribution >= 0.6 is 0 Å². The number of anilines is 2. The fourth-order valence-corrected chi connectivity index (χ4v) is 4.48. The highest BCUT2D eigenvalue weighted by Crippen LogP contribution is 2.38. The van der Waals surface area contributed by atoms with Crippen molar-refractivity contribution in [3.8, 4) is 5.75 Å². The van der Waals surface area contributed by atoms with Crippen molar-refractivity contribution in [2.45, 2.75) is 17.9 Å². The van der Waals surface area contributed by atoms with Crippen LogP contribution in [0.1, 0.15) is 18.5 Å². The van der Waals surface area contributed by atoms with Gasteiger partial charge in [0.15, 0.2) is 0 Å². The van der Waals surface area contributed by atoms with Gasteiger partial charge in [-0.1, -0.05) is 42.5 Å². The minimum atomic E-state index is -3.92. The van der Waals surface area contributed by atoms with Crippen LogP contribution in [0.4, 0.5) is 11.4 Å². The van der Waals surface area contributed by atoms with Crippen LogP contribution < -0.4 is 10.0 Å². The van der Waals surface area contributed by atoms with Crippen LogP contribution in [0.15, 0.2) is 83.8 Å². The lowest BCUT2D eigenvalue weighted by atomic mass is 10.1. The Bertz CT molecular complexity index is 987. The van der Waals surface area contributed by atoms with Crippen molar-refractivity contribution in [2.24, 2.45) is 0 Å². The monoisotopic (exact) mass is 368 g/mol. The molecule has 3 rings (SSSR count). The maximum atomic E-state index is 13.4. The molecule has 0 bridgehead atoms. The molecule has 134 valence electrons. The van der Waals surface area contributed by atoms with Gasteiger partial charge in [0.2, 0.25) is 0 Å². The minimum Gasteiger partial charge on any atom is -0.506 e. The SMILES string of the molecule is CC(c1ccccc1)N(c1ccccc1O)S(=O)(=O)c1ccc(N)cc1. The lowest BCUT2D eigenvalue weighted by molar-refractivity contribution is 0.474. The van der Waals surface area contributed by atoms with Gasteiger partial charge in [-0.2, -0.15) is 0 Å². The van der Waals surface area contributed by atoms with Crippen LogP contribution in [0.25, 0.3) is 0 Å². The van der Waals surface area contributed by atoms with Crippen LogP contribution in [-0.4, -0.2) is 13.5 Å². The second-order valence-electron chi connectivity index (χ2n) is 5.95. The summed E-state index contributed by atoms with van der Waals surface area (Å²) in [4.78, 5) is 0.109. The van der Waals surface area contributed by atoms with E-state index >= 15 is 0 Å². The first-order valence-electron chi connectivity index (χ1n) is 8.14. The Kier molecular flexibility index (Phi) is 4.86. The highest BCUT2D eigenvalue weighted by molar-refractivity contribution is 7.92. The second kappa shape index (κ2) is 7.09. The van der Waals surface area contributed by atoms with Crippen LogP contribution in [0.2, 0.25) is 0 Å². The van der Waals surface area contributed by atoms with Crippen molar-refractivity contribution in [3.05, 3.63) is 84.4 Å². The molecule has 1 unspecified atom stereocenters. The number of rotatable bonds is 5. The van der Waals surface area contributed by atoms with Gasteiger partial charge in [-0.3, -0.25) is 4.31 Å². The standard InChI is InChI=1S/C20H20N2O3S/c1-15(16-7-3-2-4-8-16)22(19-9-5-6-10-20(19)23)26(24,25)18-13-11-17(21)12-14-18/h2-15,23H,21H2,1H3. The van der Waals surface area contributed by atoms with E-state index in [4.69, 9.17) is 5.73 Å². The van der Waals surface area contributed by atoms with Crippen LogP contribution in [-0.2, 0) is 10.0 Å². The molecular formula is C20H20N2O3S. The average Bonchev–Trinajstić information content (AvgIpc) is 2.64. The van der Waals surface area contributed by atoms with Gasteiger partial charge in [-0.15, -0.1) is 0 Å². The number of phenolic OH excluding ortho intramolecular Hbond substituents is 1. The molecule has 6 heteroatoms. The molecular weight excluding hydrogens is 348 g/mol. The van der Waals surface area contributed by atoms with Crippen LogP contribution in [0.5, 0.6) is 5.75 Å². The summed E-state index contributed by atoms with van der Waals surface area (Å²) in [6, 6.07) is 21.2. The molecule has 0 aromatic heterocycles. The van der Waals surface area contributed by atoms with Crippen molar-refractivity contribution in [1.29, 1.82) is 0 Å². The zero-order valence-corrected chi connectivity index (χ0v) is 15.1. The fourth-order valence-electron chi connectivity index (χ4n) is 2.82. The van der Waals surface area contributed by atoms with E-state index in [-0.39, 0.29) is 16.3 Å². The van der Waals surface area contributed by atoms with E-state index in [2.05, 4.69) is 0 Å². The molecule has 3 N–H and O–H groups in total. The molecule has 0 spiro atoms. The molecule has 1 atom stereocenters. The molecule has 0 heterocycles. The van der Waals surface area contributed by atoms with E-state index in [1.54, 1.807) is 37.3 Å². The summed E-state index contributed by atoms with van der Waals surface area (Å²) in [7, 11) is -3.92. The van der Waals surface area contributed by atoms with Gasteiger partial charge in [0, 0.05) is 5.69 Å². The van der Waals surface area contributed by atoms with Gasteiger partial charge in [-0.05, 0) is 48.9 Å². The van der Waals surface area contributed by atoms with Crippen molar-refractivity contribution in [3.63, 3.8) is 0 Å². The quantitative estimate of drug-likeness (QED) is 0.668. The number of benzene rings is 3. The van der Waals surface area contributed by atoms with E-state index in [0.29, 0.717) is 5.69 Å². The first-order chi connectivity index (χ1) is 12.4. The van der Waals surface area contributed by atoms with Crippen molar-refractivity contribution in [1.82, 2.24) is 0 Å². The van der Waals surface area contributed by atoms with Crippen LogP contribution in [0.3, 0.4) is 0 Å². The van der Waals surface area contributed by atoms with E-state index in [1.807, 2.05) is 30.3 Å². The van der Waals surface area contributed by atoms with Gasteiger partial charge >= 0.3 is 0 Å². The molecule has 0 aliphatic carbocycles. The zero-order chi connectivity index (χ0) is 18.7. The molecule has 0 fully saturated rings. The van der Waals surface area contributed by atoms with E-state index in [1.165, 1.54) is 22.5 Å². The summed E-state index contributed by atoms with van der Waals surface area (Å²) in [6.07, 6.45) is 0. The number of phenols is 1. The molecule has 0 radical (unpaired) electrons. The molecule has 0 saturated heterocycles. The average molecular weight is 368 g/mol. The third-order valence-corrected chi connectivity index (χ3v) is 6.09. The Morgan fingerprint density at radius 3 is 2.08 bits per heavy atom. The smallest absolute Gasteiger partial charge is 0.264 e. The summed E-state index contributed by atoms with van der Waals surface area (Å²) in [5.41, 5.74) is 7.20. The molecule has 5 nitrogen and oxygen atoms in total. The predicted octanol–water partition coefficient (Wildman–Crippen LogP) is 3.93. The molecule has 26 heavy (non-hydrogen) atoms. The van der Waals surface area contributed by atoms with Crippen molar-refractivity contribution < 1.29 is 13.5 Å². The number of nitrogen functional groups attached to an aromatic ring is 1. The Morgan fingerprint density at radius 2 is 1.46 bits per heavy atom. The largest absolute Gasteiger partial charge is 0.506 e. The first kappa shape index (κ1) is 17.8. The predicted molar refractivity (Wildman–Crippen MR) is 103 cm³/mol. The number of para-hydroxylation sites is 2. The van der Waals surface area contributed by atoms with Gasteiger partial charge in [-0.25, -0.2) is 8.42 Å². The van der Waals surface area contributed by atoms with E-state index in [0.717, 1.165) is 5.56 Å². The Balaban J connectivity index is 2.18. The van der Waals surface area contributed by atoms with Gasteiger partial charge < -0.3 is 10.8 Å². The maximum Gasteiger partial charge on any atom is 0.264 e. The Labute approximate surface area is 153 Å². The minimum absolute atomic E-state index is 0.102. The third-order valence-electron chi connectivity index (χ3n) is 4.19. The summed E-state index contributed by atoms with van der Waals surface area (Å²) < 4.78 is 28.0. The third kappa shape index (κ3) is 3.36. The number of sulfonamides is 1. The maximum absolute atomic E-state index is 13.4. The molecule has 0 aliphatic heterocycles. The van der Waals surface area contributed by atoms with Gasteiger partial charge in [0.1, 0.15) is 5.75 Å². The second-order valence-corrected chi connectivity index (χ2v) is 7.76. The highest BCUT2D eigenvalue weighted by Gasteiger charge is 2.31. The summed E-state index contributed by atoms with van der Waals surface area (Å²) >= 11 is 0. The number of nitrogens with two attached hydrogens (primary N) is 1. The van der Waals surface area contributed by atoms with E-state index < -0.39 is 16.1 Å². The Morgan fingerprint density at radius 1 is 0.885 bits per heavy atom. The summed E-state index contributed by atoms with van der Waals surface area (Å²) in [5, 5.41) is 10.3. The highest BCUT2D eigenvalue weighted by atomic mass is 32.2. The molecule has 0 aliphatic rings. The zero-order valence-electron chi connectivity index (χ0n) is 14.3. The van der Waals surface area contributed by atoms with Gasteiger partial charge in [0.25, 0.3) is 10.0 Å². The molecule has 0 saturated carbocycles. The fraction of sp³-hybridized carbons (Fsp3) is 0.100. The van der Waals surface area contributed by atoms with Crippen molar-refractivity contribution >= 4 is 21.4 Å².